The molecule has 0 spiro atoms. The Hall–Kier alpha value is -4.09. The highest BCUT2D eigenvalue weighted by molar-refractivity contribution is 6.30. The van der Waals surface area contributed by atoms with Crippen molar-refractivity contribution in [2.24, 2.45) is 7.05 Å². The molecule has 12 heteroatoms. The molecule has 0 amide bonds. The zero-order chi connectivity index (χ0) is 25.4. The molecule has 1 unspecified atom stereocenters. The van der Waals surface area contributed by atoms with E-state index < -0.39 is 0 Å². The van der Waals surface area contributed by atoms with Crippen LogP contribution in [0.4, 0.5) is 5.95 Å². The molecule has 5 aromatic rings. The summed E-state index contributed by atoms with van der Waals surface area (Å²) in [6.45, 7) is 1.06. The van der Waals surface area contributed by atoms with Gasteiger partial charge in [0.15, 0.2) is 17.0 Å². The average molecular weight is 519 g/mol. The number of fused-ring (bicyclic) bond motifs is 1. The molecule has 1 N–H and O–H groups in total. The van der Waals surface area contributed by atoms with Gasteiger partial charge in [-0.15, -0.1) is 0 Å². The molecule has 188 valence electrons. The predicted octanol–water partition coefficient (Wildman–Crippen LogP) is 3.47. The lowest BCUT2D eigenvalue weighted by Gasteiger charge is -2.09. The minimum Gasteiger partial charge on any atom is -0.373 e. The maximum absolute atomic E-state index is 13.2. The first kappa shape index (κ1) is 23.3. The fourth-order valence-corrected chi connectivity index (χ4v) is 4.56. The van der Waals surface area contributed by atoms with Crippen LogP contribution in [-0.2, 0) is 24.9 Å². The molecule has 1 saturated heterocycles. The largest absolute Gasteiger partial charge is 0.373 e. The van der Waals surface area contributed by atoms with Gasteiger partial charge in [0.05, 0.1) is 24.9 Å². The van der Waals surface area contributed by atoms with Crippen LogP contribution in [0.15, 0.2) is 64.3 Å². The SMILES string of the molecule is Cn1c(NCc2ccccn2)nc2ncn(Cc3nc([C@@H]4COC(c5ccc(Cl)cc5)C4)no3)c(=O)c21. The molecule has 0 aliphatic carbocycles. The third-order valence-electron chi connectivity index (χ3n) is 6.41. The second-order valence-electron chi connectivity index (χ2n) is 8.87. The summed E-state index contributed by atoms with van der Waals surface area (Å²) < 4.78 is 14.5. The molecule has 0 radical (unpaired) electrons. The molecule has 1 aliphatic heterocycles. The first-order valence-electron chi connectivity index (χ1n) is 11.8. The topological polar surface area (TPSA) is 126 Å². The zero-order valence-electron chi connectivity index (χ0n) is 19.9. The third kappa shape index (κ3) is 4.70. The van der Waals surface area contributed by atoms with E-state index in [1.165, 1.54) is 10.9 Å². The van der Waals surface area contributed by atoms with Crippen LogP contribution in [0.1, 0.15) is 41.4 Å². The fourth-order valence-electron chi connectivity index (χ4n) is 4.43. The summed E-state index contributed by atoms with van der Waals surface area (Å²) in [5.41, 5.74) is 2.40. The molecule has 0 saturated carbocycles. The van der Waals surface area contributed by atoms with Crippen LogP contribution in [0.3, 0.4) is 0 Å². The van der Waals surface area contributed by atoms with E-state index in [9.17, 15) is 4.79 Å². The minimum atomic E-state index is -0.252. The van der Waals surface area contributed by atoms with E-state index in [4.69, 9.17) is 20.9 Å². The van der Waals surface area contributed by atoms with Crippen LogP contribution >= 0.6 is 11.6 Å². The van der Waals surface area contributed by atoms with E-state index in [0.717, 1.165) is 17.7 Å². The average Bonchev–Trinajstić information content (AvgIpc) is 3.65. The molecule has 2 atom stereocenters. The Kier molecular flexibility index (Phi) is 6.15. The van der Waals surface area contributed by atoms with Gasteiger partial charge in [-0.2, -0.15) is 9.97 Å². The lowest BCUT2D eigenvalue weighted by Crippen LogP contribution is -2.23. The molecule has 37 heavy (non-hydrogen) atoms. The highest BCUT2D eigenvalue weighted by atomic mass is 35.5. The van der Waals surface area contributed by atoms with Gasteiger partial charge >= 0.3 is 0 Å². The molecule has 1 aromatic carbocycles. The van der Waals surface area contributed by atoms with Crippen molar-refractivity contribution in [3.05, 3.63) is 93.3 Å². The van der Waals surface area contributed by atoms with Crippen molar-refractivity contribution in [3.8, 4) is 0 Å². The first-order chi connectivity index (χ1) is 18.0. The van der Waals surface area contributed by atoms with E-state index in [1.54, 1.807) is 17.8 Å². The Bertz CT molecular complexity index is 1600. The first-order valence-corrected chi connectivity index (χ1v) is 12.2. The molecule has 1 aliphatic rings. The van der Waals surface area contributed by atoms with Crippen molar-refractivity contribution in [3.63, 3.8) is 0 Å². The van der Waals surface area contributed by atoms with Crippen molar-refractivity contribution >= 4 is 28.7 Å². The lowest BCUT2D eigenvalue weighted by atomic mass is 10.0. The molecule has 1 fully saturated rings. The molecular formula is C25H23ClN8O3. The summed E-state index contributed by atoms with van der Waals surface area (Å²) in [5, 5.41) is 8.04. The van der Waals surface area contributed by atoms with Gasteiger partial charge in [0.2, 0.25) is 11.8 Å². The van der Waals surface area contributed by atoms with Gasteiger partial charge < -0.3 is 19.1 Å². The Morgan fingerprint density at radius 1 is 1.14 bits per heavy atom. The molecular weight excluding hydrogens is 496 g/mol. The summed E-state index contributed by atoms with van der Waals surface area (Å²) >= 11 is 5.99. The standard InChI is InChI=1S/C25H23ClN8O3/c1-33-21-23(31-25(33)28-11-18-4-2-3-9-27-18)29-14-34(24(21)35)12-20-30-22(32-37-20)16-10-19(36-13-16)15-5-7-17(26)8-6-15/h2-9,14,16,19H,10-13H2,1H3,(H,28,31)/t16-,19?/m0/s1. The van der Waals surface area contributed by atoms with E-state index in [0.29, 0.717) is 47.0 Å². The predicted molar refractivity (Wildman–Crippen MR) is 135 cm³/mol. The normalized spacial score (nSPS) is 17.5. The number of aryl methyl sites for hydroxylation is 1. The molecule has 11 nitrogen and oxygen atoms in total. The molecule has 4 aromatic heterocycles. The van der Waals surface area contributed by atoms with Crippen LogP contribution < -0.4 is 10.9 Å². The number of halogens is 1. The maximum atomic E-state index is 13.2. The van der Waals surface area contributed by atoms with Crippen LogP contribution in [0.25, 0.3) is 11.2 Å². The van der Waals surface area contributed by atoms with Crippen molar-refractivity contribution in [2.75, 3.05) is 11.9 Å². The number of nitrogens with zero attached hydrogens (tertiary/aromatic N) is 7. The van der Waals surface area contributed by atoms with Crippen molar-refractivity contribution in [2.45, 2.75) is 31.5 Å². The van der Waals surface area contributed by atoms with Gasteiger partial charge in [-0.05, 0) is 36.2 Å². The Labute approximate surface area is 216 Å². The number of nitrogens with one attached hydrogen (secondary N) is 1. The quantitative estimate of drug-likeness (QED) is 0.344. The Balaban J connectivity index is 1.16. The van der Waals surface area contributed by atoms with Crippen LogP contribution in [0, 0.1) is 0 Å². The number of ether oxygens (including phenoxy) is 1. The van der Waals surface area contributed by atoms with E-state index >= 15 is 0 Å². The van der Waals surface area contributed by atoms with E-state index in [2.05, 4.69) is 30.4 Å². The van der Waals surface area contributed by atoms with Gasteiger partial charge in [-0.1, -0.05) is 35.0 Å². The lowest BCUT2D eigenvalue weighted by molar-refractivity contribution is 0.110. The number of hydrogen-bond acceptors (Lipinski definition) is 9. The highest BCUT2D eigenvalue weighted by Gasteiger charge is 2.31. The number of hydrogen-bond donors (Lipinski definition) is 1. The third-order valence-corrected chi connectivity index (χ3v) is 6.66. The Morgan fingerprint density at radius 2 is 2.00 bits per heavy atom. The second-order valence-corrected chi connectivity index (χ2v) is 9.31. The van der Waals surface area contributed by atoms with E-state index in [1.807, 2.05) is 42.5 Å². The van der Waals surface area contributed by atoms with Crippen molar-refractivity contribution < 1.29 is 9.26 Å². The van der Waals surface area contributed by atoms with Gasteiger partial charge in [0, 0.05) is 24.2 Å². The summed E-state index contributed by atoms with van der Waals surface area (Å²) in [6, 6.07) is 13.3. The number of pyridine rings is 1. The van der Waals surface area contributed by atoms with Crippen molar-refractivity contribution in [1.29, 1.82) is 0 Å². The highest BCUT2D eigenvalue weighted by Crippen LogP contribution is 2.37. The molecule has 0 bridgehead atoms. The zero-order valence-corrected chi connectivity index (χ0v) is 20.7. The summed E-state index contributed by atoms with van der Waals surface area (Å²) in [5.74, 6) is 1.42. The number of benzene rings is 1. The molecule has 5 heterocycles. The van der Waals surface area contributed by atoms with Gasteiger partial charge in [0.25, 0.3) is 5.56 Å². The van der Waals surface area contributed by atoms with Crippen molar-refractivity contribution in [1.82, 2.24) is 34.2 Å². The number of anilines is 1. The number of aromatic nitrogens is 7. The smallest absolute Gasteiger partial charge is 0.280 e. The summed E-state index contributed by atoms with van der Waals surface area (Å²) in [6.07, 6.45) is 3.85. The fraction of sp³-hybridized carbons (Fsp3) is 0.280. The van der Waals surface area contributed by atoms with E-state index in [-0.39, 0.29) is 24.1 Å². The Morgan fingerprint density at radius 3 is 2.81 bits per heavy atom. The van der Waals surface area contributed by atoms with Gasteiger partial charge in [0.1, 0.15) is 12.9 Å². The van der Waals surface area contributed by atoms with Crippen LogP contribution in [0.2, 0.25) is 5.02 Å². The number of imidazole rings is 1. The van der Waals surface area contributed by atoms with Crippen LogP contribution in [0.5, 0.6) is 0 Å². The summed E-state index contributed by atoms with van der Waals surface area (Å²) in [4.78, 5) is 30.9. The van der Waals surface area contributed by atoms with Gasteiger partial charge in [-0.25, -0.2) is 4.98 Å². The minimum absolute atomic E-state index is 0.000292. The molecule has 6 rings (SSSR count). The van der Waals surface area contributed by atoms with Crippen LogP contribution in [-0.4, -0.2) is 40.8 Å². The van der Waals surface area contributed by atoms with Gasteiger partial charge in [-0.3, -0.25) is 14.3 Å². The maximum Gasteiger partial charge on any atom is 0.280 e. The summed E-state index contributed by atoms with van der Waals surface area (Å²) in [7, 11) is 1.77. The second kappa shape index (κ2) is 9.75. The number of rotatable bonds is 7. The monoisotopic (exact) mass is 518 g/mol.